The number of carbonyl (C=O) groups excluding carboxylic acids is 1. The number of amides is 1. The first-order valence-corrected chi connectivity index (χ1v) is 7.03. The van der Waals surface area contributed by atoms with Gasteiger partial charge in [0.2, 0.25) is 0 Å². The van der Waals surface area contributed by atoms with Gasteiger partial charge in [-0.05, 0) is 18.1 Å². The van der Waals surface area contributed by atoms with E-state index in [1.54, 1.807) is 0 Å². The minimum Gasteiger partial charge on any atom is -0.481 e. The highest BCUT2D eigenvalue weighted by molar-refractivity contribution is 5.93. The predicted molar refractivity (Wildman–Crippen MR) is 79.5 cm³/mol. The third kappa shape index (κ3) is 3.52. The molecule has 116 valence electrons. The summed E-state index contributed by atoms with van der Waals surface area (Å²) in [6, 6.07) is 6.76. The zero-order valence-corrected chi connectivity index (χ0v) is 12.5. The summed E-state index contributed by atoms with van der Waals surface area (Å²) in [5, 5.41) is 11.8. The molecule has 2 aromatic rings. The molecule has 0 fully saturated rings. The molecule has 6 heteroatoms. The van der Waals surface area contributed by atoms with Crippen LogP contribution in [0.25, 0.3) is 0 Å². The highest BCUT2D eigenvalue weighted by atomic mass is 16.4. The van der Waals surface area contributed by atoms with Gasteiger partial charge in [0.25, 0.3) is 5.91 Å². The summed E-state index contributed by atoms with van der Waals surface area (Å²) in [7, 11) is 0. The van der Waals surface area contributed by atoms with Gasteiger partial charge in [0.05, 0.1) is 12.5 Å². The number of nitrogens with zero attached hydrogens (tertiary/aromatic N) is 1. The molecule has 1 unspecified atom stereocenters. The Bertz CT molecular complexity index is 678. The Kier molecular flexibility index (Phi) is 4.93. The van der Waals surface area contributed by atoms with Crippen LogP contribution in [-0.4, -0.2) is 22.0 Å². The predicted octanol–water partition coefficient (Wildman–Crippen LogP) is 2.49. The average molecular weight is 302 g/mol. The van der Waals surface area contributed by atoms with Gasteiger partial charge in [0.1, 0.15) is 5.76 Å². The highest BCUT2D eigenvalue weighted by Crippen LogP contribution is 2.21. The Morgan fingerprint density at radius 3 is 2.73 bits per heavy atom. The molecule has 1 aromatic heterocycles. The maximum absolute atomic E-state index is 12.3. The van der Waals surface area contributed by atoms with Crippen molar-refractivity contribution in [3.63, 3.8) is 0 Å². The largest absolute Gasteiger partial charge is 0.481 e. The van der Waals surface area contributed by atoms with Crippen molar-refractivity contribution in [1.82, 2.24) is 10.3 Å². The van der Waals surface area contributed by atoms with Gasteiger partial charge in [-0.1, -0.05) is 31.2 Å². The van der Waals surface area contributed by atoms with Crippen molar-refractivity contribution in [1.29, 1.82) is 0 Å². The molecule has 0 aliphatic carbocycles. The number of carboxylic acids is 1. The number of carbonyl (C=O) groups is 2. The maximum Gasteiger partial charge on any atom is 0.305 e. The molecule has 0 saturated heterocycles. The van der Waals surface area contributed by atoms with E-state index in [9.17, 15) is 9.59 Å². The molecule has 1 aromatic carbocycles. The Labute approximate surface area is 128 Å². The lowest BCUT2D eigenvalue weighted by molar-refractivity contribution is -0.137. The van der Waals surface area contributed by atoms with E-state index in [-0.39, 0.29) is 12.1 Å². The smallest absolute Gasteiger partial charge is 0.305 e. The van der Waals surface area contributed by atoms with E-state index in [1.807, 2.05) is 38.1 Å². The molecule has 1 amide bonds. The van der Waals surface area contributed by atoms with Crippen molar-refractivity contribution in [3.05, 3.63) is 53.2 Å². The van der Waals surface area contributed by atoms with E-state index in [1.165, 1.54) is 6.39 Å². The maximum atomic E-state index is 12.3. The third-order valence-electron chi connectivity index (χ3n) is 3.43. The number of carboxylic acid groups (broad SMARTS) is 1. The van der Waals surface area contributed by atoms with E-state index in [0.29, 0.717) is 12.2 Å². The van der Waals surface area contributed by atoms with Crippen LogP contribution < -0.4 is 5.32 Å². The summed E-state index contributed by atoms with van der Waals surface area (Å²) in [5.41, 5.74) is 1.90. The normalized spacial score (nSPS) is 11.9. The fourth-order valence-corrected chi connectivity index (χ4v) is 2.32. The van der Waals surface area contributed by atoms with Crippen molar-refractivity contribution < 1.29 is 19.1 Å². The number of hydrogen-bond acceptors (Lipinski definition) is 4. The SMILES string of the molecule is CCc1ocnc1C(=O)NC(CC(=O)O)c1ccccc1C. The van der Waals surface area contributed by atoms with Gasteiger partial charge in [-0.15, -0.1) is 0 Å². The fraction of sp³-hybridized carbons (Fsp3) is 0.312. The van der Waals surface area contributed by atoms with Crippen LogP contribution in [0.15, 0.2) is 35.1 Å². The van der Waals surface area contributed by atoms with Crippen LogP contribution in [-0.2, 0) is 11.2 Å². The summed E-state index contributed by atoms with van der Waals surface area (Å²) in [6.07, 6.45) is 1.56. The Morgan fingerprint density at radius 1 is 1.36 bits per heavy atom. The molecule has 0 aliphatic rings. The number of aromatic nitrogens is 1. The summed E-state index contributed by atoms with van der Waals surface area (Å²) >= 11 is 0. The van der Waals surface area contributed by atoms with E-state index in [0.717, 1.165) is 11.1 Å². The Balaban J connectivity index is 2.26. The molecule has 0 saturated carbocycles. The number of oxazole rings is 1. The first kappa shape index (κ1) is 15.8. The van der Waals surface area contributed by atoms with E-state index in [2.05, 4.69) is 10.3 Å². The van der Waals surface area contributed by atoms with Gasteiger partial charge in [-0.3, -0.25) is 9.59 Å². The molecule has 0 aliphatic heterocycles. The summed E-state index contributed by atoms with van der Waals surface area (Å²) in [4.78, 5) is 27.3. The van der Waals surface area contributed by atoms with Crippen molar-refractivity contribution >= 4 is 11.9 Å². The van der Waals surface area contributed by atoms with Crippen LogP contribution in [0.3, 0.4) is 0 Å². The van der Waals surface area contributed by atoms with Crippen LogP contribution in [0.2, 0.25) is 0 Å². The Morgan fingerprint density at radius 2 is 2.09 bits per heavy atom. The molecule has 22 heavy (non-hydrogen) atoms. The zero-order chi connectivity index (χ0) is 16.1. The summed E-state index contributed by atoms with van der Waals surface area (Å²) in [5.74, 6) is -0.930. The third-order valence-corrected chi connectivity index (χ3v) is 3.43. The van der Waals surface area contributed by atoms with Gasteiger partial charge >= 0.3 is 5.97 Å². The van der Waals surface area contributed by atoms with E-state index in [4.69, 9.17) is 9.52 Å². The lowest BCUT2D eigenvalue weighted by Gasteiger charge is -2.19. The van der Waals surface area contributed by atoms with Crippen LogP contribution >= 0.6 is 0 Å². The topological polar surface area (TPSA) is 92.4 Å². The number of rotatable bonds is 6. The summed E-state index contributed by atoms with van der Waals surface area (Å²) in [6.45, 7) is 3.73. The quantitative estimate of drug-likeness (QED) is 0.855. The van der Waals surface area contributed by atoms with Gasteiger partial charge in [-0.25, -0.2) is 4.98 Å². The lowest BCUT2D eigenvalue weighted by atomic mass is 9.98. The van der Waals surface area contributed by atoms with Crippen LogP contribution in [0.5, 0.6) is 0 Å². The molecule has 0 bridgehead atoms. The first-order chi connectivity index (χ1) is 10.5. The monoisotopic (exact) mass is 302 g/mol. The zero-order valence-electron chi connectivity index (χ0n) is 12.5. The van der Waals surface area contributed by atoms with Crippen LogP contribution in [0.1, 0.15) is 46.8 Å². The number of hydrogen-bond donors (Lipinski definition) is 2. The molecule has 1 heterocycles. The van der Waals surface area contributed by atoms with Crippen LogP contribution in [0, 0.1) is 6.92 Å². The fourth-order valence-electron chi connectivity index (χ4n) is 2.32. The van der Waals surface area contributed by atoms with Gasteiger partial charge in [0, 0.05) is 6.42 Å². The Hall–Kier alpha value is -2.63. The lowest BCUT2D eigenvalue weighted by Crippen LogP contribution is -2.31. The van der Waals surface area contributed by atoms with Gasteiger partial charge in [0.15, 0.2) is 12.1 Å². The first-order valence-electron chi connectivity index (χ1n) is 7.03. The minimum atomic E-state index is -0.982. The second-order valence-electron chi connectivity index (χ2n) is 4.96. The molecule has 0 radical (unpaired) electrons. The van der Waals surface area contributed by atoms with Crippen molar-refractivity contribution in [3.8, 4) is 0 Å². The standard InChI is InChI=1S/C16H18N2O4/c1-3-13-15(17-9-22-13)16(21)18-12(8-14(19)20)11-7-5-4-6-10(11)2/h4-7,9,12H,3,8H2,1-2H3,(H,18,21)(H,19,20). The molecule has 1 atom stereocenters. The molecular formula is C16H18N2O4. The molecule has 6 nitrogen and oxygen atoms in total. The number of aryl methyl sites for hydroxylation is 2. The molecule has 2 N–H and O–H groups in total. The molecular weight excluding hydrogens is 284 g/mol. The van der Waals surface area contributed by atoms with Crippen molar-refractivity contribution in [2.45, 2.75) is 32.7 Å². The van der Waals surface area contributed by atoms with Crippen molar-refractivity contribution in [2.24, 2.45) is 0 Å². The van der Waals surface area contributed by atoms with Gasteiger partial charge in [-0.2, -0.15) is 0 Å². The minimum absolute atomic E-state index is 0.199. The van der Waals surface area contributed by atoms with Gasteiger partial charge < -0.3 is 14.8 Å². The number of nitrogens with one attached hydrogen (secondary N) is 1. The van der Waals surface area contributed by atoms with Crippen LogP contribution in [0.4, 0.5) is 0 Å². The number of aliphatic carboxylic acids is 1. The average Bonchev–Trinajstić information content (AvgIpc) is 2.95. The summed E-state index contributed by atoms with van der Waals surface area (Å²) < 4.78 is 5.14. The van der Waals surface area contributed by atoms with E-state index < -0.39 is 17.9 Å². The molecule has 0 spiro atoms. The van der Waals surface area contributed by atoms with Crippen molar-refractivity contribution in [2.75, 3.05) is 0 Å². The van der Waals surface area contributed by atoms with E-state index >= 15 is 0 Å². The second-order valence-corrected chi connectivity index (χ2v) is 4.96. The number of benzene rings is 1. The second kappa shape index (κ2) is 6.89. The highest BCUT2D eigenvalue weighted by Gasteiger charge is 2.23. The molecule has 2 rings (SSSR count).